The third-order valence-corrected chi connectivity index (χ3v) is 2.20. The number of amides is 1. The van der Waals surface area contributed by atoms with Crippen LogP contribution in [-0.2, 0) is 0 Å². The van der Waals surface area contributed by atoms with E-state index in [2.05, 4.69) is 12.2 Å². The van der Waals surface area contributed by atoms with Crippen molar-refractivity contribution >= 4 is 5.91 Å². The molecule has 0 radical (unpaired) electrons. The first-order valence-electron chi connectivity index (χ1n) is 5.00. The van der Waals surface area contributed by atoms with Gasteiger partial charge in [-0.2, -0.15) is 0 Å². The molecule has 3 nitrogen and oxygen atoms in total. The Balaban J connectivity index is 2.55. The van der Waals surface area contributed by atoms with Crippen molar-refractivity contribution in [3.63, 3.8) is 0 Å². The van der Waals surface area contributed by atoms with Crippen LogP contribution in [0.1, 0.15) is 42.8 Å². The van der Waals surface area contributed by atoms with E-state index in [1.54, 1.807) is 13.0 Å². The number of hydrogen-bond donors (Lipinski definition) is 1. The van der Waals surface area contributed by atoms with Crippen LogP contribution in [0, 0.1) is 6.92 Å². The molecule has 1 heterocycles. The average molecular weight is 195 g/mol. The normalized spacial score (nSPS) is 12.5. The molecule has 1 rings (SSSR count). The van der Waals surface area contributed by atoms with Crippen molar-refractivity contribution in [3.8, 4) is 0 Å². The minimum Gasteiger partial charge on any atom is -0.469 e. The summed E-state index contributed by atoms with van der Waals surface area (Å²) in [7, 11) is 0. The van der Waals surface area contributed by atoms with Gasteiger partial charge in [-0.05, 0) is 26.3 Å². The zero-order valence-electron chi connectivity index (χ0n) is 8.96. The molecular weight excluding hydrogens is 178 g/mol. The van der Waals surface area contributed by atoms with Crippen LogP contribution < -0.4 is 5.32 Å². The van der Waals surface area contributed by atoms with Gasteiger partial charge in [-0.15, -0.1) is 0 Å². The average Bonchev–Trinajstić information content (AvgIpc) is 2.51. The fourth-order valence-electron chi connectivity index (χ4n) is 1.43. The zero-order chi connectivity index (χ0) is 10.6. The van der Waals surface area contributed by atoms with Gasteiger partial charge in [0.2, 0.25) is 0 Å². The van der Waals surface area contributed by atoms with Gasteiger partial charge in [-0.3, -0.25) is 4.79 Å². The predicted molar refractivity (Wildman–Crippen MR) is 55.3 cm³/mol. The molecular formula is C11H17NO2. The molecule has 0 saturated carbocycles. The standard InChI is InChI=1S/C11H17NO2/c1-4-5-8(2)12-11(13)10-6-7-14-9(10)3/h6-8H,4-5H2,1-3H3,(H,12,13)/t8-/m1/s1. The van der Waals surface area contributed by atoms with Gasteiger partial charge in [0.1, 0.15) is 5.76 Å². The number of carbonyl (C=O) groups is 1. The zero-order valence-corrected chi connectivity index (χ0v) is 8.96. The van der Waals surface area contributed by atoms with E-state index in [4.69, 9.17) is 4.42 Å². The van der Waals surface area contributed by atoms with Crippen molar-refractivity contribution in [2.24, 2.45) is 0 Å². The molecule has 3 heteroatoms. The lowest BCUT2D eigenvalue weighted by atomic mass is 10.1. The first-order chi connectivity index (χ1) is 6.65. The summed E-state index contributed by atoms with van der Waals surface area (Å²) in [6.45, 7) is 5.90. The van der Waals surface area contributed by atoms with Crippen LogP contribution in [0.15, 0.2) is 16.7 Å². The second-order valence-corrected chi connectivity index (χ2v) is 3.55. The van der Waals surface area contributed by atoms with Crippen LogP contribution in [0.2, 0.25) is 0 Å². The molecule has 0 unspecified atom stereocenters. The Bertz CT molecular complexity index is 304. The van der Waals surface area contributed by atoms with Crippen LogP contribution in [0.25, 0.3) is 0 Å². The number of aryl methyl sites for hydroxylation is 1. The molecule has 0 fully saturated rings. The topological polar surface area (TPSA) is 42.2 Å². The highest BCUT2D eigenvalue weighted by Crippen LogP contribution is 2.09. The third-order valence-electron chi connectivity index (χ3n) is 2.20. The molecule has 1 aromatic rings. The van der Waals surface area contributed by atoms with Crippen molar-refractivity contribution in [1.82, 2.24) is 5.32 Å². The van der Waals surface area contributed by atoms with Crippen molar-refractivity contribution < 1.29 is 9.21 Å². The monoisotopic (exact) mass is 195 g/mol. The van der Waals surface area contributed by atoms with Crippen LogP contribution in [0.3, 0.4) is 0 Å². The van der Waals surface area contributed by atoms with Gasteiger partial charge in [0, 0.05) is 6.04 Å². The number of furan rings is 1. The second-order valence-electron chi connectivity index (χ2n) is 3.55. The molecule has 0 aliphatic carbocycles. The number of carbonyl (C=O) groups excluding carboxylic acids is 1. The molecule has 14 heavy (non-hydrogen) atoms. The summed E-state index contributed by atoms with van der Waals surface area (Å²) in [5.41, 5.74) is 0.632. The molecule has 0 aliphatic rings. The number of rotatable bonds is 4. The van der Waals surface area contributed by atoms with E-state index in [-0.39, 0.29) is 11.9 Å². The summed E-state index contributed by atoms with van der Waals surface area (Å²) in [5, 5.41) is 2.93. The van der Waals surface area contributed by atoms with Gasteiger partial charge in [0.05, 0.1) is 11.8 Å². The SMILES string of the molecule is CCC[C@@H](C)NC(=O)c1ccoc1C. The number of hydrogen-bond acceptors (Lipinski definition) is 2. The molecule has 1 aromatic heterocycles. The van der Waals surface area contributed by atoms with E-state index in [9.17, 15) is 4.79 Å². The van der Waals surface area contributed by atoms with Crippen LogP contribution in [0.5, 0.6) is 0 Å². The Labute approximate surface area is 84.5 Å². The van der Waals surface area contributed by atoms with E-state index >= 15 is 0 Å². The van der Waals surface area contributed by atoms with E-state index in [0.717, 1.165) is 12.8 Å². The molecule has 1 atom stereocenters. The summed E-state index contributed by atoms with van der Waals surface area (Å²) in [4.78, 5) is 11.6. The van der Waals surface area contributed by atoms with Gasteiger partial charge < -0.3 is 9.73 Å². The minimum atomic E-state index is -0.0443. The van der Waals surface area contributed by atoms with Crippen molar-refractivity contribution in [2.45, 2.75) is 39.7 Å². The van der Waals surface area contributed by atoms with E-state index in [0.29, 0.717) is 11.3 Å². The fraction of sp³-hybridized carbons (Fsp3) is 0.545. The lowest BCUT2D eigenvalue weighted by Crippen LogP contribution is -2.32. The predicted octanol–water partition coefficient (Wildman–Crippen LogP) is 2.51. The molecule has 0 aliphatic heterocycles. The molecule has 0 spiro atoms. The first kappa shape index (κ1) is 10.8. The lowest BCUT2D eigenvalue weighted by Gasteiger charge is -2.11. The summed E-state index contributed by atoms with van der Waals surface area (Å²) in [5.74, 6) is 0.628. The molecule has 0 aromatic carbocycles. The Morgan fingerprint density at radius 3 is 2.86 bits per heavy atom. The van der Waals surface area contributed by atoms with Gasteiger partial charge in [-0.25, -0.2) is 0 Å². The van der Waals surface area contributed by atoms with Gasteiger partial charge >= 0.3 is 0 Å². The van der Waals surface area contributed by atoms with Gasteiger partial charge in [-0.1, -0.05) is 13.3 Å². The molecule has 1 N–H and O–H groups in total. The maximum absolute atomic E-state index is 11.6. The van der Waals surface area contributed by atoms with E-state index in [1.165, 1.54) is 6.26 Å². The lowest BCUT2D eigenvalue weighted by molar-refractivity contribution is 0.0937. The van der Waals surface area contributed by atoms with E-state index < -0.39 is 0 Å². The first-order valence-corrected chi connectivity index (χ1v) is 5.00. The summed E-state index contributed by atoms with van der Waals surface area (Å²) < 4.78 is 5.07. The van der Waals surface area contributed by atoms with Crippen molar-refractivity contribution in [3.05, 3.63) is 23.7 Å². The summed E-state index contributed by atoms with van der Waals surface area (Å²) in [6.07, 6.45) is 3.61. The molecule has 0 bridgehead atoms. The Morgan fingerprint density at radius 2 is 2.36 bits per heavy atom. The highest BCUT2D eigenvalue weighted by molar-refractivity contribution is 5.95. The van der Waals surface area contributed by atoms with Gasteiger partial charge in [0.25, 0.3) is 5.91 Å². The summed E-state index contributed by atoms with van der Waals surface area (Å²) >= 11 is 0. The Morgan fingerprint density at radius 1 is 1.64 bits per heavy atom. The second kappa shape index (κ2) is 4.84. The van der Waals surface area contributed by atoms with Crippen LogP contribution in [-0.4, -0.2) is 11.9 Å². The maximum Gasteiger partial charge on any atom is 0.255 e. The summed E-state index contributed by atoms with van der Waals surface area (Å²) in [6, 6.07) is 1.92. The third kappa shape index (κ3) is 2.62. The smallest absolute Gasteiger partial charge is 0.255 e. The van der Waals surface area contributed by atoms with Crippen LogP contribution >= 0.6 is 0 Å². The van der Waals surface area contributed by atoms with Crippen LogP contribution in [0.4, 0.5) is 0 Å². The van der Waals surface area contributed by atoms with Crippen molar-refractivity contribution in [1.29, 1.82) is 0 Å². The minimum absolute atomic E-state index is 0.0443. The Kier molecular flexibility index (Phi) is 3.74. The number of nitrogens with one attached hydrogen (secondary N) is 1. The quantitative estimate of drug-likeness (QED) is 0.802. The fourth-order valence-corrected chi connectivity index (χ4v) is 1.43. The molecule has 0 saturated heterocycles. The largest absolute Gasteiger partial charge is 0.469 e. The van der Waals surface area contributed by atoms with Gasteiger partial charge in [0.15, 0.2) is 0 Å². The highest BCUT2D eigenvalue weighted by Gasteiger charge is 2.12. The Hall–Kier alpha value is -1.25. The highest BCUT2D eigenvalue weighted by atomic mass is 16.3. The molecule has 1 amide bonds. The van der Waals surface area contributed by atoms with Crippen molar-refractivity contribution in [2.75, 3.05) is 0 Å². The van der Waals surface area contributed by atoms with E-state index in [1.807, 2.05) is 6.92 Å². The molecule has 78 valence electrons. The maximum atomic E-state index is 11.6.